The summed E-state index contributed by atoms with van der Waals surface area (Å²) in [6, 6.07) is 11.9. The molecule has 1 heterocycles. The van der Waals surface area contributed by atoms with Crippen LogP contribution in [0.5, 0.6) is 11.5 Å². The third kappa shape index (κ3) is 3.94. The quantitative estimate of drug-likeness (QED) is 0.856. The van der Waals surface area contributed by atoms with Crippen molar-refractivity contribution in [2.75, 3.05) is 20.2 Å². The van der Waals surface area contributed by atoms with E-state index < -0.39 is 6.10 Å². The number of nitrogens with zero attached hydrogens (tertiary/aromatic N) is 1. The molecule has 2 fully saturated rings. The molecule has 4 atom stereocenters. The van der Waals surface area contributed by atoms with Crippen LogP contribution in [0, 0.1) is 24.6 Å². The van der Waals surface area contributed by atoms with Gasteiger partial charge in [0, 0.05) is 18.7 Å². The van der Waals surface area contributed by atoms with Gasteiger partial charge in [0.2, 0.25) is 0 Å². The van der Waals surface area contributed by atoms with Crippen LogP contribution in [0.3, 0.4) is 0 Å². The summed E-state index contributed by atoms with van der Waals surface area (Å²) in [5, 5.41) is 10.6. The SMILES string of the molecule is COc1ccccc1O[C@@H]1C[C@@H]2CN(C(=O)c3ccc(F)c(C)c3)C[C@@H]2C[C@H]1O. The number of aryl methyl sites for hydroxylation is 1. The Labute approximate surface area is 170 Å². The number of amides is 1. The molecule has 1 aliphatic heterocycles. The zero-order chi connectivity index (χ0) is 20.5. The molecule has 29 heavy (non-hydrogen) atoms. The van der Waals surface area contributed by atoms with Crippen LogP contribution in [0.4, 0.5) is 4.39 Å². The van der Waals surface area contributed by atoms with E-state index in [1.165, 1.54) is 12.1 Å². The van der Waals surface area contributed by atoms with E-state index in [1.807, 2.05) is 29.2 Å². The highest BCUT2D eigenvalue weighted by Crippen LogP contribution is 2.39. The molecule has 0 unspecified atom stereocenters. The van der Waals surface area contributed by atoms with Gasteiger partial charge < -0.3 is 19.5 Å². The molecule has 4 rings (SSSR count). The standard InChI is InChI=1S/C23H26FNO4/c1-14-9-15(7-8-18(14)24)23(27)25-12-16-10-19(26)22(11-17(16)13-25)29-21-6-4-3-5-20(21)28-2/h3-9,16-17,19,22,26H,10-13H2,1-2H3/t16-,17+,19+,22+/m0/s1. The molecule has 2 aliphatic rings. The van der Waals surface area contributed by atoms with E-state index in [0.717, 1.165) is 0 Å². The van der Waals surface area contributed by atoms with Gasteiger partial charge >= 0.3 is 0 Å². The van der Waals surface area contributed by atoms with Crippen molar-refractivity contribution in [1.82, 2.24) is 4.90 Å². The predicted octanol–water partition coefficient (Wildman–Crippen LogP) is 3.43. The van der Waals surface area contributed by atoms with Crippen molar-refractivity contribution in [3.05, 3.63) is 59.4 Å². The van der Waals surface area contributed by atoms with Crippen molar-refractivity contribution in [2.45, 2.75) is 32.0 Å². The maximum absolute atomic E-state index is 13.5. The Morgan fingerprint density at radius 2 is 1.79 bits per heavy atom. The third-order valence-electron chi connectivity index (χ3n) is 6.12. The van der Waals surface area contributed by atoms with Crippen molar-refractivity contribution in [1.29, 1.82) is 0 Å². The highest BCUT2D eigenvalue weighted by Gasteiger charge is 2.44. The first-order valence-corrected chi connectivity index (χ1v) is 9.99. The van der Waals surface area contributed by atoms with Gasteiger partial charge in [-0.05, 0) is 67.5 Å². The second kappa shape index (κ2) is 8.03. The predicted molar refractivity (Wildman–Crippen MR) is 107 cm³/mol. The number of halogens is 1. The highest BCUT2D eigenvalue weighted by atomic mass is 19.1. The molecule has 1 saturated carbocycles. The smallest absolute Gasteiger partial charge is 0.253 e. The van der Waals surface area contributed by atoms with E-state index in [2.05, 4.69) is 0 Å². The van der Waals surface area contributed by atoms with Crippen LogP contribution in [-0.2, 0) is 0 Å². The number of hydrogen-bond donors (Lipinski definition) is 1. The van der Waals surface area contributed by atoms with Gasteiger partial charge in [-0.3, -0.25) is 4.79 Å². The van der Waals surface area contributed by atoms with Crippen molar-refractivity contribution >= 4 is 5.91 Å². The maximum Gasteiger partial charge on any atom is 0.253 e. The highest BCUT2D eigenvalue weighted by molar-refractivity contribution is 5.94. The molecule has 1 aliphatic carbocycles. The van der Waals surface area contributed by atoms with Crippen molar-refractivity contribution < 1.29 is 23.8 Å². The number of likely N-dealkylation sites (tertiary alicyclic amines) is 1. The molecule has 0 radical (unpaired) electrons. The largest absolute Gasteiger partial charge is 0.493 e. The van der Waals surface area contributed by atoms with Crippen LogP contribution < -0.4 is 9.47 Å². The van der Waals surface area contributed by atoms with Gasteiger partial charge in [0.15, 0.2) is 11.5 Å². The van der Waals surface area contributed by atoms with Gasteiger partial charge in [0.1, 0.15) is 11.9 Å². The average molecular weight is 399 g/mol. The van der Waals surface area contributed by atoms with Gasteiger partial charge in [-0.25, -0.2) is 4.39 Å². The molecule has 0 bridgehead atoms. The maximum atomic E-state index is 13.5. The molecule has 6 heteroatoms. The van der Waals surface area contributed by atoms with Crippen molar-refractivity contribution in [3.63, 3.8) is 0 Å². The summed E-state index contributed by atoms with van der Waals surface area (Å²) < 4.78 is 24.9. The lowest BCUT2D eigenvalue weighted by Crippen LogP contribution is -2.42. The first kappa shape index (κ1) is 19.7. The summed E-state index contributed by atoms with van der Waals surface area (Å²) in [6.45, 7) is 2.89. The van der Waals surface area contributed by atoms with E-state index in [9.17, 15) is 14.3 Å². The van der Waals surface area contributed by atoms with E-state index >= 15 is 0 Å². The normalized spacial score (nSPS) is 26.1. The first-order valence-electron chi connectivity index (χ1n) is 9.99. The van der Waals surface area contributed by atoms with Crippen LogP contribution in [0.2, 0.25) is 0 Å². The Morgan fingerprint density at radius 1 is 1.10 bits per heavy atom. The van der Waals surface area contributed by atoms with Gasteiger partial charge in [0.05, 0.1) is 13.2 Å². The number of para-hydroxylation sites is 2. The van der Waals surface area contributed by atoms with Crippen LogP contribution in [0.15, 0.2) is 42.5 Å². The molecule has 154 valence electrons. The van der Waals surface area contributed by atoms with E-state index in [-0.39, 0.29) is 29.7 Å². The lowest BCUT2D eigenvalue weighted by atomic mass is 9.78. The van der Waals surface area contributed by atoms with Gasteiger partial charge in [-0.1, -0.05) is 12.1 Å². The summed E-state index contributed by atoms with van der Waals surface area (Å²) in [5.74, 6) is 1.37. The number of aliphatic hydroxyl groups is 1. The molecular weight excluding hydrogens is 373 g/mol. The first-order chi connectivity index (χ1) is 14.0. The third-order valence-corrected chi connectivity index (χ3v) is 6.12. The molecule has 2 aromatic rings. The van der Waals surface area contributed by atoms with Gasteiger partial charge in [-0.2, -0.15) is 0 Å². The Balaban J connectivity index is 1.44. The minimum Gasteiger partial charge on any atom is -0.493 e. The number of methoxy groups -OCH3 is 1. The fourth-order valence-corrected chi connectivity index (χ4v) is 4.52. The lowest BCUT2D eigenvalue weighted by molar-refractivity contribution is -0.0240. The monoisotopic (exact) mass is 399 g/mol. The Morgan fingerprint density at radius 3 is 2.48 bits per heavy atom. The van der Waals surface area contributed by atoms with Gasteiger partial charge in [0.25, 0.3) is 5.91 Å². The second-order valence-electron chi connectivity index (χ2n) is 8.04. The average Bonchev–Trinajstić information content (AvgIpc) is 3.13. The number of rotatable bonds is 4. The summed E-state index contributed by atoms with van der Waals surface area (Å²) >= 11 is 0. The number of hydrogen-bond acceptors (Lipinski definition) is 4. The van der Waals surface area contributed by atoms with Crippen LogP contribution in [0.1, 0.15) is 28.8 Å². The van der Waals surface area contributed by atoms with Crippen LogP contribution >= 0.6 is 0 Å². The molecular formula is C23H26FNO4. The minimum absolute atomic E-state index is 0.0841. The Bertz CT molecular complexity index is 902. The number of ether oxygens (including phenoxy) is 2. The number of aliphatic hydroxyl groups excluding tert-OH is 1. The van der Waals surface area contributed by atoms with Crippen LogP contribution in [0.25, 0.3) is 0 Å². The second-order valence-corrected chi connectivity index (χ2v) is 8.04. The summed E-state index contributed by atoms with van der Waals surface area (Å²) in [6.07, 6.45) is 0.340. The summed E-state index contributed by atoms with van der Waals surface area (Å²) in [7, 11) is 1.59. The number of fused-ring (bicyclic) bond motifs is 1. The molecule has 2 aromatic carbocycles. The van der Waals surface area contributed by atoms with Crippen molar-refractivity contribution in [3.8, 4) is 11.5 Å². The van der Waals surface area contributed by atoms with E-state index in [1.54, 1.807) is 20.1 Å². The Kier molecular flexibility index (Phi) is 5.46. The molecule has 1 amide bonds. The summed E-state index contributed by atoms with van der Waals surface area (Å²) in [4.78, 5) is 14.7. The molecule has 1 saturated heterocycles. The van der Waals surface area contributed by atoms with E-state index in [4.69, 9.17) is 9.47 Å². The zero-order valence-electron chi connectivity index (χ0n) is 16.7. The Hall–Kier alpha value is -2.60. The fourth-order valence-electron chi connectivity index (χ4n) is 4.52. The summed E-state index contributed by atoms with van der Waals surface area (Å²) in [5.41, 5.74) is 0.970. The molecule has 0 aromatic heterocycles. The zero-order valence-corrected chi connectivity index (χ0v) is 16.7. The number of carbonyl (C=O) groups is 1. The van der Waals surface area contributed by atoms with Gasteiger partial charge in [-0.15, -0.1) is 0 Å². The minimum atomic E-state index is -0.593. The van der Waals surface area contributed by atoms with Crippen molar-refractivity contribution in [2.24, 2.45) is 11.8 Å². The molecule has 1 N–H and O–H groups in total. The molecule has 5 nitrogen and oxygen atoms in total. The number of carbonyl (C=O) groups excluding carboxylic acids is 1. The topological polar surface area (TPSA) is 59.0 Å². The number of benzene rings is 2. The lowest BCUT2D eigenvalue weighted by Gasteiger charge is -2.35. The van der Waals surface area contributed by atoms with Crippen LogP contribution in [-0.4, -0.2) is 48.3 Å². The van der Waals surface area contributed by atoms with E-state index in [0.29, 0.717) is 48.6 Å². The fraction of sp³-hybridized carbons (Fsp3) is 0.435. The molecule has 0 spiro atoms.